The van der Waals surface area contributed by atoms with Crippen molar-refractivity contribution in [1.82, 2.24) is 0 Å². The van der Waals surface area contributed by atoms with Gasteiger partial charge in [-0.1, -0.05) is 6.07 Å². The molecule has 1 N–H and O–H groups in total. The molecule has 0 bridgehead atoms. The first-order valence-electron chi connectivity index (χ1n) is 6.50. The summed E-state index contributed by atoms with van der Waals surface area (Å²) in [6.07, 6.45) is 0. The lowest BCUT2D eigenvalue weighted by Gasteiger charge is -2.16. The molecular weight excluding hydrogens is 297 g/mol. The summed E-state index contributed by atoms with van der Waals surface area (Å²) in [7, 11) is -2.15. The molecule has 0 aliphatic heterocycles. The van der Waals surface area contributed by atoms with Crippen molar-refractivity contribution in [1.29, 1.82) is 0 Å². The molecule has 0 saturated carbocycles. The van der Waals surface area contributed by atoms with E-state index < -0.39 is 20.3 Å². The third-order valence-electron chi connectivity index (χ3n) is 2.28. The van der Waals surface area contributed by atoms with E-state index in [1.807, 2.05) is 0 Å². The molecule has 0 radical (unpaired) electrons. The Balaban J connectivity index is 2.54. The van der Waals surface area contributed by atoms with Gasteiger partial charge in [0.25, 0.3) is 5.91 Å². The first-order valence-corrected chi connectivity index (χ1v) is 7.96. The highest BCUT2D eigenvalue weighted by atomic mass is 31.2. The summed E-state index contributed by atoms with van der Waals surface area (Å²) in [4.78, 5) is 11.8. The number of carbonyl (C=O) groups is 1. The fourth-order valence-electron chi connectivity index (χ4n) is 1.46. The van der Waals surface area contributed by atoms with Crippen LogP contribution < -0.4 is 10.1 Å². The van der Waals surface area contributed by atoms with Crippen LogP contribution in [0.1, 0.15) is 13.8 Å². The minimum atomic E-state index is -3.68. The molecule has 1 rings (SSSR count). The van der Waals surface area contributed by atoms with Crippen LogP contribution in [0.5, 0.6) is 5.75 Å². The fourth-order valence-corrected chi connectivity index (χ4v) is 2.60. The van der Waals surface area contributed by atoms with E-state index in [1.54, 1.807) is 38.1 Å². The van der Waals surface area contributed by atoms with Crippen LogP contribution in [0.4, 0.5) is 5.69 Å². The molecule has 0 unspecified atom stereocenters. The summed E-state index contributed by atoms with van der Waals surface area (Å²) in [5.74, 6) is 0.144. The lowest BCUT2D eigenvalue weighted by molar-refractivity contribution is -0.118. The Hall–Kier alpha value is -1.40. The van der Waals surface area contributed by atoms with Crippen LogP contribution in [0.2, 0.25) is 0 Å². The number of phosphoric ester groups is 1. The number of rotatable bonds is 9. The zero-order chi connectivity index (χ0) is 15.7. The second-order valence-corrected chi connectivity index (χ2v) is 5.51. The summed E-state index contributed by atoms with van der Waals surface area (Å²) in [5.41, 5.74) is 0.547. The molecule has 1 aromatic rings. The zero-order valence-corrected chi connectivity index (χ0v) is 13.2. The number of amides is 1. The summed E-state index contributed by atoms with van der Waals surface area (Å²) in [6.45, 7) is 3.20. The monoisotopic (exact) mass is 317 g/mol. The normalized spacial score (nSPS) is 11.2. The van der Waals surface area contributed by atoms with Gasteiger partial charge in [-0.3, -0.25) is 18.4 Å². The second-order valence-electron chi connectivity index (χ2n) is 3.84. The summed E-state index contributed by atoms with van der Waals surface area (Å²) in [5, 5.41) is 2.60. The van der Waals surface area contributed by atoms with Gasteiger partial charge >= 0.3 is 7.82 Å². The van der Waals surface area contributed by atoms with E-state index in [-0.39, 0.29) is 13.2 Å². The number of carbonyl (C=O) groups excluding carboxylic acids is 1. The first kappa shape index (κ1) is 17.7. The number of methoxy groups -OCH3 is 1. The van der Waals surface area contributed by atoms with Crippen LogP contribution in [0.3, 0.4) is 0 Å². The van der Waals surface area contributed by atoms with Crippen molar-refractivity contribution in [2.24, 2.45) is 0 Å². The van der Waals surface area contributed by atoms with Gasteiger partial charge in [0, 0.05) is 11.8 Å². The number of nitrogens with one attached hydrogen (secondary N) is 1. The van der Waals surface area contributed by atoms with Crippen molar-refractivity contribution < 1.29 is 27.7 Å². The highest BCUT2D eigenvalue weighted by Crippen LogP contribution is 2.48. The molecule has 1 aromatic carbocycles. The van der Waals surface area contributed by atoms with Crippen LogP contribution in [0.15, 0.2) is 24.3 Å². The van der Waals surface area contributed by atoms with Gasteiger partial charge in [0.15, 0.2) is 0 Å². The first-order chi connectivity index (χ1) is 10.0. The molecule has 0 atom stereocenters. The Labute approximate surface area is 124 Å². The lowest BCUT2D eigenvalue weighted by atomic mass is 10.3. The molecule has 0 aliphatic rings. The molecule has 0 heterocycles. The Morgan fingerprint density at radius 3 is 2.43 bits per heavy atom. The number of ether oxygens (including phenoxy) is 1. The topological polar surface area (TPSA) is 83.1 Å². The van der Waals surface area contributed by atoms with Crippen molar-refractivity contribution in [3.63, 3.8) is 0 Å². The predicted molar refractivity (Wildman–Crippen MR) is 78.4 cm³/mol. The number of phosphoric acid groups is 1. The minimum absolute atomic E-state index is 0.161. The highest BCUT2D eigenvalue weighted by molar-refractivity contribution is 7.48. The number of anilines is 1. The van der Waals surface area contributed by atoms with E-state index >= 15 is 0 Å². The molecule has 7 nitrogen and oxygen atoms in total. The smallest absolute Gasteiger partial charge is 0.475 e. The Morgan fingerprint density at radius 2 is 1.86 bits per heavy atom. The van der Waals surface area contributed by atoms with Crippen molar-refractivity contribution in [3.8, 4) is 5.75 Å². The molecule has 0 fully saturated rings. The van der Waals surface area contributed by atoms with Gasteiger partial charge in [-0.05, 0) is 26.0 Å². The molecular formula is C13H20NO6P. The van der Waals surface area contributed by atoms with Gasteiger partial charge < -0.3 is 10.1 Å². The Bertz CT molecular complexity index is 497. The molecule has 0 saturated heterocycles. The standard InChI is InChI=1S/C13H20NO6P/c1-4-18-21(16,19-5-2)20-10-13(15)14-11-7-6-8-12(9-11)17-3/h6-9H,4-5,10H2,1-3H3,(H,14,15). The van der Waals surface area contributed by atoms with Crippen molar-refractivity contribution in [2.75, 3.05) is 32.2 Å². The van der Waals surface area contributed by atoms with Crippen LogP contribution in [0.25, 0.3) is 0 Å². The zero-order valence-electron chi connectivity index (χ0n) is 12.3. The van der Waals surface area contributed by atoms with Gasteiger partial charge in [0.2, 0.25) is 0 Å². The predicted octanol–water partition coefficient (Wildman–Crippen LogP) is 2.83. The van der Waals surface area contributed by atoms with E-state index in [0.717, 1.165) is 0 Å². The average Bonchev–Trinajstić information content (AvgIpc) is 2.46. The molecule has 1 amide bonds. The summed E-state index contributed by atoms with van der Waals surface area (Å²) < 4.78 is 31.9. The molecule has 118 valence electrons. The van der Waals surface area contributed by atoms with E-state index in [0.29, 0.717) is 11.4 Å². The molecule has 0 spiro atoms. The van der Waals surface area contributed by atoms with Crippen molar-refractivity contribution >= 4 is 19.4 Å². The summed E-state index contributed by atoms with van der Waals surface area (Å²) >= 11 is 0. The Morgan fingerprint density at radius 1 is 1.19 bits per heavy atom. The van der Waals surface area contributed by atoms with E-state index in [4.69, 9.17) is 18.3 Å². The highest BCUT2D eigenvalue weighted by Gasteiger charge is 2.26. The van der Waals surface area contributed by atoms with Gasteiger partial charge in [0.05, 0.1) is 20.3 Å². The molecule has 21 heavy (non-hydrogen) atoms. The van der Waals surface area contributed by atoms with Gasteiger partial charge in [-0.15, -0.1) is 0 Å². The SMILES string of the molecule is CCOP(=O)(OCC)OCC(=O)Nc1cccc(OC)c1. The second kappa shape index (κ2) is 8.79. The van der Waals surface area contributed by atoms with Gasteiger partial charge in [-0.25, -0.2) is 4.57 Å². The summed E-state index contributed by atoms with van der Waals surface area (Å²) in [6, 6.07) is 6.85. The quantitative estimate of drug-likeness (QED) is 0.705. The average molecular weight is 317 g/mol. The third-order valence-corrected chi connectivity index (χ3v) is 3.88. The van der Waals surface area contributed by atoms with E-state index in [2.05, 4.69) is 5.32 Å². The molecule has 0 aliphatic carbocycles. The maximum atomic E-state index is 12.0. The van der Waals surface area contributed by atoms with Crippen LogP contribution in [-0.4, -0.2) is 32.8 Å². The lowest BCUT2D eigenvalue weighted by Crippen LogP contribution is -2.18. The maximum Gasteiger partial charge on any atom is 0.475 e. The number of hydrogen-bond acceptors (Lipinski definition) is 6. The molecule has 8 heteroatoms. The largest absolute Gasteiger partial charge is 0.497 e. The van der Waals surface area contributed by atoms with Gasteiger partial charge in [-0.2, -0.15) is 0 Å². The van der Waals surface area contributed by atoms with Crippen molar-refractivity contribution in [3.05, 3.63) is 24.3 Å². The van der Waals surface area contributed by atoms with E-state index in [9.17, 15) is 9.36 Å². The number of hydrogen-bond donors (Lipinski definition) is 1. The third kappa shape index (κ3) is 6.27. The maximum absolute atomic E-state index is 12.0. The van der Waals surface area contributed by atoms with Crippen LogP contribution in [0, 0.1) is 0 Å². The van der Waals surface area contributed by atoms with Crippen LogP contribution in [-0.2, 0) is 22.9 Å². The number of benzene rings is 1. The van der Waals surface area contributed by atoms with Gasteiger partial charge in [0.1, 0.15) is 12.4 Å². The van der Waals surface area contributed by atoms with E-state index in [1.165, 1.54) is 7.11 Å². The minimum Gasteiger partial charge on any atom is -0.497 e. The fraction of sp³-hybridized carbons (Fsp3) is 0.462. The van der Waals surface area contributed by atoms with Crippen LogP contribution >= 0.6 is 7.82 Å². The molecule has 0 aromatic heterocycles. The van der Waals surface area contributed by atoms with Crippen molar-refractivity contribution in [2.45, 2.75) is 13.8 Å². The Kier molecular flexibility index (Phi) is 7.39.